The van der Waals surface area contributed by atoms with Crippen LogP contribution < -0.4 is 11.1 Å². The number of thioether (sulfide) groups is 1. The Morgan fingerprint density at radius 2 is 2.35 bits per heavy atom. The lowest BCUT2D eigenvalue weighted by Gasteiger charge is -2.11. The number of nitrogens with two attached hydrogens (primary N) is 1. The quantitative estimate of drug-likeness (QED) is 0.718. The number of amides is 1. The van der Waals surface area contributed by atoms with E-state index in [1.807, 2.05) is 0 Å². The first-order valence-corrected chi connectivity index (χ1v) is 6.55. The molecule has 6 heteroatoms. The summed E-state index contributed by atoms with van der Waals surface area (Å²) in [7, 11) is 0. The van der Waals surface area contributed by atoms with Gasteiger partial charge in [0.1, 0.15) is 0 Å². The number of anilines is 2. The number of hydrogen-bond donors (Lipinski definition) is 3. The van der Waals surface area contributed by atoms with E-state index in [0.717, 1.165) is 0 Å². The highest BCUT2D eigenvalue weighted by Crippen LogP contribution is 2.23. The molecule has 0 radical (unpaired) electrons. The van der Waals surface area contributed by atoms with Gasteiger partial charge in [-0.1, -0.05) is 11.6 Å². The molecule has 0 saturated heterocycles. The molecule has 0 heterocycles. The van der Waals surface area contributed by atoms with Crippen molar-refractivity contribution in [2.24, 2.45) is 0 Å². The number of hydrogen-bond acceptors (Lipinski definition) is 4. The average molecular weight is 275 g/mol. The zero-order valence-electron chi connectivity index (χ0n) is 9.44. The third-order valence-electron chi connectivity index (χ3n) is 2.09. The molecule has 1 aromatic rings. The number of rotatable bonds is 5. The summed E-state index contributed by atoms with van der Waals surface area (Å²) in [4.78, 5) is 11.7. The molecular weight excluding hydrogens is 260 g/mol. The second-order valence-electron chi connectivity index (χ2n) is 3.46. The highest BCUT2D eigenvalue weighted by Gasteiger charge is 2.13. The van der Waals surface area contributed by atoms with Gasteiger partial charge in [0.25, 0.3) is 0 Å². The Balaban J connectivity index is 2.58. The molecule has 0 aliphatic rings. The topological polar surface area (TPSA) is 75.3 Å². The molecule has 1 unspecified atom stereocenters. The minimum absolute atomic E-state index is 0.0657. The van der Waals surface area contributed by atoms with Gasteiger partial charge in [0.15, 0.2) is 0 Å². The van der Waals surface area contributed by atoms with Crippen LogP contribution in [-0.4, -0.2) is 28.6 Å². The Morgan fingerprint density at radius 1 is 1.65 bits per heavy atom. The summed E-state index contributed by atoms with van der Waals surface area (Å²) >= 11 is 7.17. The fourth-order valence-electron chi connectivity index (χ4n) is 1.17. The summed E-state index contributed by atoms with van der Waals surface area (Å²) in [6.45, 7) is 1.85. The van der Waals surface area contributed by atoms with E-state index in [1.54, 1.807) is 25.1 Å². The molecule has 0 saturated carbocycles. The average Bonchev–Trinajstić information content (AvgIpc) is 2.30. The first-order chi connectivity index (χ1) is 8.04. The summed E-state index contributed by atoms with van der Waals surface area (Å²) in [5.41, 5.74) is 6.68. The van der Waals surface area contributed by atoms with Crippen LogP contribution in [0, 0.1) is 0 Å². The molecule has 0 spiro atoms. The number of benzene rings is 1. The molecule has 1 rings (SSSR count). The Bertz CT molecular complexity index is 401. The molecule has 0 aromatic heterocycles. The van der Waals surface area contributed by atoms with Gasteiger partial charge in [0, 0.05) is 11.4 Å². The first kappa shape index (κ1) is 14.2. The van der Waals surface area contributed by atoms with Crippen LogP contribution in [0.4, 0.5) is 11.4 Å². The van der Waals surface area contributed by atoms with Gasteiger partial charge in [0.05, 0.1) is 22.6 Å². The number of carbonyl (C=O) groups is 1. The number of nitrogens with one attached hydrogen (secondary N) is 1. The summed E-state index contributed by atoms with van der Waals surface area (Å²) in [6, 6.07) is 4.95. The fourth-order valence-corrected chi connectivity index (χ4v) is 1.96. The van der Waals surface area contributed by atoms with Crippen molar-refractivity contribution < 1.29 is 9.90 Å². The van der Waals surface area contributed by atoms with E-state index in [1.165, 1.54) is 11.8 Å². The highest BCUT2D eigenvalue weighted by molar-refractivity contribution is 8.00. The Labute approximate surface area is 110 Å². The molecule has 0 aliphatic heterocycles. The van der Waals surface area contributed by atoms with E-state index in [4.69, 9.17) is 22.4 Å². The van der Waals surface area contributed by atoms with Crippen molar-refractivity contribution in [1.29, 1.82) is 0 Å². The van der Waals surface area contributed by atoms with Crippen molar-refractivity contribution in [3.63, 3.8) is 0 Å². The van der Waals surface area contributed by atoms with E-state index in [9.17, 15) is 4.79 Å². The molecule has 0 fully saturated rings. The minimum atomic E-state index is -0.223. The summed E-state index contributed by atoms with van der Waals surface area (Å²) in [6.07, 6.45) is 0. The van der Waals surface area contributed by atoms with Crippen LogP contribution in [0.15, 0.2) is 18.2 Å². The first-order valence-electron chi connectivity index (χ1n) is 5.13. The molecule has 0 bridgehead atoms. The standard InChI is InChI=1S/C11H15ClN2O2S/c1-7(17-5-4-15)11(16)14-8-2-3-9(12)10(13)6-8/h2-3,6-7,15H,4-5,13H2,1H3,(H,14,16). The second-order valence-corrected chi connectivity index (χ2v) is 5.32. The van der Waals surface area contributed by atoms with Crippen LogP contribution in [0.25, 0.3) is 0 Å². The van der Waals surface area contributed by atoms with E-state index in [-0.39, 0.29) is 17.8 Å². The van der Waals surface area contributed by atoms with Gasteiger partial charge in [-0.15, -0.1) is 11.8 Å². The second kappa shape index (κ2) is 6.74. The maximum absolute atomic E-state index is 11.7. The predicted molar refractivity (Wildman–Crippen MR) is 73.5 cm³/mol. The van der Waals surface area contributed by atoms with Crippen molar-refractivity contribution in [1.82, 2.24) is 0 Å². The summed E-state index contributed by atoms with van der Waals surface area (Å²) < 4.78 is 0. The van der Waals surface area contributed by atoms with E-state index >= 15 is 0 Å². The number of aliphatic hydroxyl groups excluding tert-OH is 1. The van der Waals surface area contributed by atoms with Crippen molar-refractivity contribution in [3.05, 3.63) is 23.2 Å². The van der Waals surface area contributed by atoms with E-state index < -0.39 is 0 Å². The van der Waals surface area contributed by atoms with Crippen LogP contribution >= 0.6 is 23.4 Å². The van der Waals surface area contributed by atoms with Crippen LogP contribution in [0.1, 0.15) is 6.92 Å². The molecule has 1 atom stereocenters. The van der Waals surface area contributed by atoms with Crippen molar-refractivity contribution in [3.8, 4) is 0 Å². The van der Waals surface area contributed by atoms with Crippen molar-refractivity contribution in [2.45, 2.75) is 12.2 Å². The fraction of sp³-hybridized carbons (Fsp3) is 0.364. The van der Waals surface area contributed by atoms with Crippen molar-refractivity contribution in [2.75, 3.05) is 23.4 Å². The predicted octanol–water partition coefficient (Wildman–Crippen LogP) is 1.97. The Kier molecular flexibility index (Phi) is 5.61. The smallest absolute Gasteiger partial charge is 0.237 e. The van der Waals surface area contributed by atoms with Crippen LogP contribution in [0.2, 0.25) is 5.02 Å². The number of carbonyl (C=O) groups excluding carboxylic acids is 1. The molecule has 1 aromatic carbocycles. The summed E-state index contributed by atoms with van der Waals surface area (Å²) in [5.74, 6) is 0.419. The number of aliphatic hydroxyl groups is 1. The van der Waals surface area contributed by atoms with E-state index in [2.05, 4.69) is 5.32 Å². The maximum atomic E-state index is 11.7. The Hall–Kier alpha value is -0.910. The molecule has 1 amide bonds. The summed E-state index contributed by atoms with van der Waals surface area (Å²) in [5, 5.41) is 11.6. The van der Waals surface area contributed by atoms with Gasteiger partial charge >= 0.3 is 0 Å². The molecule has 17 heavy (non-hydrogen) atoms. The Morgan fingerprint density at radius 3 is 2.94 bits per heavy atom. The number of halogens is 1. The zero-order chi connectivity index (χ0) is 12.8. The monoisotopic (exact) mass is 274 g/mol. The molecular formula is C11H15ClN2O2S. The lowest BCUT2D eigenvalue weighted by Crippen LogP contribution is -2.23. The third-order valence-corrected chi connectivity index (χ3v) is 3.57. The minimum Gasteiger partial charge on any atom is -0.397 e. The normalized spacial score (nSPS) is 12.2. The highest BCUT2D eigenvalue weighted by atomic mass is 35.5. The lowest BCUT2D eigenvalue weighted by atomic mass is 10.2. The van der Waals surface area contributed by atoms with Crippen LogP contribution in [0.3, 0.4) is 0 Å². The lowest BCUT2D eigenvalue weighted by molar-refractivity contribution is -0.115. The van der Waals surface area contributed by atoms with Crippen LogP contribution in [0.5, 0.6) is 0 Å². The van der Waals surface area contributed by atoms with Crippen LogP contribution in [-0.2, 0) is 4.79 Å². The van der Waals surface area contributed by atoms with Gasteiger partial charge in [0.2, 0.25) is 5.91 Å². The van der Waals surface area contributed by atoms with Crippen molar-refractivity contribution >= 4 is 40.6 Å². The largest absolute Gasteiger partial charge is 0.397 e. The number of nitrogen functional groups attached to an aromatic ring is 1. The SMILES string of the molecule is CC(SCCO)C(=O)Nc1ccc(Cl)c(N)c1. The van der Waals surface area contributed by atoms with Gasteiger partial charge in [-0.3, -0.25) is 4.79 Å². The van der Waals surface area contributed by atoms with Gasteiger partial charge in [-0.25, -0.2) is 0 Å². The molecule has 0 aliphatic carbocycles. The molecule has 4 nitrogen and oxygen atoms in total. The van der Waals surface area contributed by atoms with E-state index in [0.29, 0.717) is 22.2 Å². The van der Waals surface area contributed by atoms with Gasteiger partial charge in [-0.05, 0) is 25.1 Å². The maximum Gasteiger partial charge on any atom is 0.237 e. The van der Waals surface area contributed by atoms with Gasteiger partial charge < -0.3 is 16.2 Å². The van der Waals surface area contributed by atoms with Gasteiger partial charge in [-0.2, -0.15) is 0 Å². The molecule has 4 N–H and O–H groups in total. The molecule has 94 valence electrons. The zero-order valence-corrected chi connectivity index (χ0v) is 11.0. The third kappa shape index (κ3) is 4.46.